The van der Waals surface area contributed by atoms with Gasteiger partial charge in [-0.25, -0.2) is 4.57 Å². The molecule has 3 aromatic carbocycles. The number of aromatic nitrogens is 4. The van der Waals surface area contributed by atoms with E-state index in [0.29, 0.717) is 52.9 Å². The van der Waals surface area contributed by atoms with Crippen LogP contribution in [0.15, 0.2) is 146 Å². The number of pyridine rings is 4. The summed E-state index contributed by atoms with van der Waals surface area (Å²) in [7, 11) is -10.7. The van der Waals surface area contributed by atoms with Crippen LogP contribution in [0.3, 0.4) is 0 Å². The molecule has 0 atom stereocenters. The molecule has 0 saturated heterocycles. The molecule has 476 valence electrons. The van der Waals surface area contributed by atoms with Crippen LogP contribution in [-0.2, 0) is 62.0 Å². The Bertz CT molecular complexity index is 3360. The Hall–Kier alpha value is -6.46. The van der Waals surface area contributed by atoms with E-state index in [9.17, 15) is 70.2 Å². The zero-order valence-corrected chi connectivity index (χ0v) is 50.4. The van der Waals surface area contributed by atoms with Crippen LogP contribution in [0.4, 0.5) is 52.7 Å². The van der Waals surface area contributed by atoms with E-state index < -0.39 is 78.3 Å². The third-order valence-corrected chi connectivity index (χ3v) is 14.8. The predicted molar refractivity (Wildman–Crippen MR) is 302 cm³/mol. The maximum atomic E-state index is 12.8. The Kier molecular flexibility index (Phi) is 30.8. The second kappa shape index (κ2) is 34.9. The highest BCUT2D eigenvalue weighted by atomic mass is 35.7. The molecule has 7 rings (SSSR count). The van der Waals surface area contributed by atoms with E-state index >= 15 is 0 Å². The van der Waals surface area contributed by atoms with Crippen molar-refractivity contribution in [2.24, 2.45) is 0 Å². The van der Waals surface area contributed by atoms with Crippen molar-refractivity contribution < 1.29 is 108 Å². The quantitative estimate of drug-likeness (QED) is 0.0285. The van der Waals surface area contributed by atoms with Gasteiger partial charge in [0.25, 0.3) is 0 Å². The molecular weight excluding hydrogens is 1260 g/mol. The first-order valence-corrected chi connectivity index (χ1v) is 30.6. The summed E-state index contributed by atoms with van der Waals surface area (Å²) in [4.78, 5) is 15.7. The normalized spacial score (nSPS) is 11.7. The SMILES string of the molecule is CCOP(=O)(Cc1ccc(-c2cccc(C(F)(F)F)c2)cn1)OCC.CCOP(=O)(Cl)OCC.Cc1ccc(-c2cccc(C(F)(F)F)c2)cn1.Cc1ccc(O)cn1.Cc1ccc(OS(=O)(=O)C(F)(F)F)cn1.OB(O)c1cccc(C(F)(F)F)c1. The Labute approximate surface area is 498 Å². The molecule has 0 aliphatic carbocycles. The van der Waals surface area contributed by atoms with Gasteiger partial charge in [0.1, 0.15) is 5.75 Å². The zero-order chi connectivity index (χ0) is 66.0. The van der Waals surface area contributed by atoms with E-state index in [1.807, 2.05) is 13.8 Å². The molecule has 0 spiro atoms. The van der Waals surface area contributed by atoms with Crippen LogP contribution < -0.4 is 9.65 Å². The molecule has 0 radical (unpaired) electrons. The van der Waals surface area contributed by atoms with E-state index in [4.69, 9.17) is 35.4 Å². The Morgan fingerprint density at radius 3 is 1.25 bits per heavy atom. The molecule has 0 amide bonds. The number of hydrogen-bond acceptors (Lipinski definition) is 16. The second-order valence-electron chi connectivity index (χ2n) is 17.0. The molecule has 0 aliphatic rings. The van der Waals surface area contributed by atoms with Gasteiger partial charge >= 0.3 is 55.8 Å². The molecule has 4 aromatic heterocycles. The van der Waals surface area contributed by atoms with Crippen molar-refractivity contribution in [1.29, 1.82) is 0 Å². The molecule has 0 unspecified atom stereocenters. The first kappa shape index (κ1) is 76.6. The molecule has 0 aliphatic heterocycles. The van der Waals surface area contributed by atoms with Gasteiger partial charge in [0, 0.05) is 51.8 Å². The Morgan fingerprint density at radius 1 is 0.506 bits per heavy atom. The molecule has 0 bridgehead atoms. The van der Waals surface area contributed by atoms with Crippen LogP contribution in [0.1, 0.15) is 67.2 Å². The van der Waals surface area contributed by atoms with E-state index in [0.717, 1.165) is 60.0 Å². The lowest BCUT2D eigenvalue weighted by atomic mass is 9.79. The number of aryl methyl sites for hydroxylation is 3. The number of aromatic hydroxyl groups is 1. The van der Waals surface area contributed by atoms with E-state index in [1.54, 1.807) is 89.3 Å². The maximum absolute atomic E-state index is 12.8. The number of halogens is 13. The van der Waals surface area contributed by atoms with Crippen molar-refractivity contribution in [3.8, 4) is 33.8 Å². The van der Waals surface area contributed by atoms with Crippen molar-refractivity contribution in [2.75, 3.05) is 26.4 Å². The molecule has 87 heavy (non-hydrogen) atoms. The van der Waals surface area contributed by atoms with Gasteiger partial charge in [-0.2, -0.15) is 61.1 Å². The molecule has 0 fully saturated rings. The summed E-state index contributed by atoms with van der Waals surface area (Å²) < 4.78 is 215. The predicted octanol–water partition coefficient (Wildman–Crippen LogP) is 15.1. The van der Waals surface area contributed by atoms with E-state index in [-0.39, 0.29) is 30.6 Å². The highest BCUT2D eigenvalue weighted by molar-refractivity contribution is 7.88. The van der Waals surface area contributed by atoms with Crippen LogP contribution >= 0.6 is 25.8 Å². The summed E-state index contributed by atoms with van der Waals surface area (Å²) >= 11 is 5.25. The monoisotopic (exact) mass is 1320 g/mol. The lowest BCUT2D eigenvalue weighted by Crippen LogP contribution is -2.30. The van der Waals surface area contributed by atoms with Crippen LogP contribution in [0.25, 0.3) is 22.3 Å². The highest BCUT2D eigenvalue weighted by Crippen LogP contribution is 2.53. The average molecular weight is 1320 g/mol. The van der Waals surface area contributed by atoms with E-state index in [1.165, 1.54) is 36.7 Å². The molecular formula is C54H58BClF12N4O12P2S. The summed E-state index contributed by atoms with van der Waals surface area (Å²) in [6, 6.07) is 26.7. The standard InChI is InChI=1S/C17H19F3NO3P.C13H10F3N.C7H6BF3O2.C7H6F3NO3S.C6H7NO.C4H10ClO3P/c1-3-23-25(22,24-4-2)12-16-9-8-14(11-21-16)13-6-5-7-15(10-13)17(18,19)20;1-9-5-6-11(8-17-9)10-3-2-4-12(7-10)13(14,15)16;9-7(10,11)5-2-1-3-6(4-5)8(12)13;1-5-2-3-6(4-11-5)14-15(12,13)7(8,9)10;1-5-2-3-6(8)4-7-5;1-3-7-9(5,6)8-4-2/h5-11H,3-4,12H2,1-2H3;2-8H,1H3;1-4,12-13H;2-4H,1H3;2-4,8H,1H3;3-4H2,1-2H3. The van der Waals surface area contributed by atoms with Gasteiger partial charge < -0.3 is 28.4 Å². The number of alkyl halides is 12. The van der Waals surface area contributed by atoms with Crippen LogP contribution in [0.2, 0.25) is 0 Å². The lowest BCUT2D eigenvalue weighted by molar-refractivity contribution is -0.138. The number of benzene rings is 3. The van der Waals surface area contributed by atoms with Crippen molar-refractivity contribution in [3.63, 3.8) is 0 Å². The van der Waals surface area contributed by atoms with Crippen molar-refractivity contribution >= 4 is 48.5 Å². The lowest BCUT2D eigenvalue weighted by Gasteiger charge is -2.16. The summed E-state index contributed by atoms with van der Waals surface area (Å²) in [5.41, 5.74) is -2.93. The Morgan fingerprint density at radius 2 is 0.908 bits per heavy atom. The van der Waals surface area contributed by atoms with Crippen molar-refractivity contribution in [3.05, 3.63) is 186 Å². The molecule has 33 heteroatoms. The molecule has 4 heterocycles. The van der Waals surface area contributed by atoms with Gasteiger partial charge in [-0.3, -0.25) is 33.5 Å². The fourth-order valence-electron chi connectivity index (χ4n) is 6.16. The van der Waals surface area contributed by atoms with Crippen LogP contribution in [0.5, 0.6) is 11.5 Å². The summed E-state index contributed by atoms with van der Waals surface area (Å²) in [5.74, 6) is -0.256. The van der Waals surface area contributed by atoms with E-state index in [2.05, 4.69) is 33.2 Å². The van der Waals surface area contributed by atoms with Gasteiger partial charge in [0.2, 0.25) is 0 Å². The highest BCUT2D eigenvalue weighted by Gasteiger charge is 2.48. The van der Waals surface area contributed by atoms with Gasteiger partial charge in [-0.1, -0.05) is 60.7 Å². The third-order valence-electron chi connectivity index (χ3n) is 10.1. The summed E-state index contributed by atoms with van der Waals surface area (Å²) in [5, 5.41) is 25.9. The minimum Gasteiger partial charge on any atom is -0.506 e. The van der Waals surface area contributed by atoms with Gasteiger partial charge in [0.15, 0.2) is 5.75 Å². The number of hydrogen-bond donors (Lipinski definition) is 3. The Balaban J connectivity index is 0.000000371. The minimum absolute atomic E-state index is 0.0115. The van der Waals surface area contributed by atoms with Gasteiger partial charge in [-0.15, -0.1) is 0 Å². The largest absolute Gasteiger partial charge is 0.534 e. The summed E-state index contributed by atoms with van der Waals surface area (Å²) in [6.07, 6.45) is -7.80. The average Bonchev–Trinajstić information content (AvgIpc) is 3.07. The first-order chi connectivity index (χ1) is 40.3. The smallest absolute Gasteiger partial charge is 0.506 e. The van der Waals surface area contributed by atoms with Crippen molar-refractivity contribution in [2.45, 2.75) is 78.7 Å². The van der Waals surface area contributed by atoms with Crippen LogP contribution in [0, 0.1) is 20.8 Å². The molecule has 3 N–H and O–H groups in total. The minimum atomic E-state index is -5.60. The van der Waals surface area contributed by atoms with Gasteiger partial charge in [0.05, 0.1) is 67.4 Å². The maximum Gasteiger partial charge on any atom is 0.534 e. The second-order valence-corrected chi connectivity index (χ2v) is 23.2. The zero-order valence-electron chi connectivity index (χ0n) is 47.0. The fourth-order valence-corrected chi connectivity index (χ4v) is 9.51. The van der Waals surface area contributed by atoms with Gasteiger partial charge in [-0.05, 0) is 126 Å². The topological polar surface area (TPSA) is 227 Å². The summed E-state index contributed by atoms with van der Waals surface area (Å²) in [6.45, 7) is 10.0. The number of nitrogens with zero attached hydrogens (tertiary/aromatic N) is 4. The fraction of sp³-hybridized carbons (Fsp3) is 0.296. The molecule has 7 aromatic rings. The van der Waals surface area contributed by atoms with Crippen LogP contribution in [-0.4, -0.2) is 82.6 Å². The number of rotatable bonds is 15. The first-order valence-electron chi connectivity index (χ1n) is 25.1. The van der Waals surface area contributed by atoms with Crippen molar-refractivity contribution in [1.82, 2.24) is 19.9 Å². The molecule has 16 nitrogen and oxygen atoms in total. The molecule has 0 saturated carbocycles. The third kappa shape index (κ3) is 28.9.